The van der Waals surface area contributed by atoms with E-state index in [0.29, 0.717) is 6.54 Å². The van der Waals surface area contributed by atoms with E-state index in [-0.39, 0.29) is 11.8 Å². The minimum atomic E-state index is -0.871. The molecule has 1 aromatic rings. The zero-order chi connectivity index (χ0) is 18.5. The molecule has 7 heteroatoms. The first-order chi connectivity index (χ1) is 12.6. The van der Waals surface area contributed by atoms with E-state index in [1.165, 1.54) is 7.11 Å². The van der Waals surface area contributed by atoms with Gasteiger partial charge in [0, 0.05) is 44.4 Å². The zero-order valence-corrected chi connectivity index (χ0v) is 15.2. The molecule has 2 aliphatic heterocycles. The summed E-state index contributed by atoms with van der Waals surface area (Å²) < 4.78 is 38.9. The monoisotopic (exact) mass is 368 g/mol. The molecule has 3 rings (SSSR count). The quantitative estimate of drug-likeness (QED) is 0.801. The minimum absolute atomic E-state index is 0.0139. The summed E-state index contributed by atoms with van der Waals surface area (Å²) in [4.78, 5) is 16.8. The average molecular weight is 368 g/mol. The number of piperidine rings is 1. The smallest absolute Gasteiger partial charge is 0.260 e. The fourth-order valence-corrected chi connectivity index (χ4v) is 3.74. The number of halogens is 2. The Morgan fingerprint density at radius 2 is 1.88 bits per heavy atom. The van der Waals surface area contributed by atoms with Crippen LogP contribution in [0.5, 0.6) is 5.75 Å². The second kappa shape index (κ2) is 8.77. The third kappa shape index (κ3) is 4.32. The van der Waals surface area contributed by atoms with Gasteiger partial charge in [0.05, 0.1) is 20.3 Å². The summed E-state index contributed by atoms with van der Waals surface area (Å²) >= 11 is 0. The standard InChI is InChI=1S/C19H26F2N2O3/c1-25-15-12-16(20)18(17(21)13-15)19(24)23-6-3-2-4-14(23)5-7-22-8-10-26-11-9-22/h12-14H,2-11H2,1H3. The summed E-state index contributed by atoms with van der Waals surface area (Å²) in [5.74, 6) is -2.23. The van der Waals surface area contributed by atoms with Gasteiger partial charge in [0.2, 0.25) is 0 Å². The topological polar surface area (TPSA) is 42.0 Å². The number of ether oxygens (including phenoxy) is 2. The van der Waals surface area contributed by atoms with E-state index >= 15 is 0 Å². The highest BCUT2D eigenvalue weighted by Gasteiger charge is 2.31. The molecule has 5 nitrogen and oxygen atoms in total. The van der Waals surface area contributed by atoms with Gasteiger partial charge < -0.3 is 14.4 Å². The van der Waals surface area contributed by atoms with Crippen molar-refractivity contribution in [3.63, 3.8) is 0 Å². The zero-order valence-electron chi connectivity index (χ0n) is 15.2. The van der Waals surface area contributed by atoms with Crippen molar-refractivity contribution in [1.29, 1.82) is 0 Å². The van der Waals surface area contributed by atoms with E-state index in [1.54, 1.807) is 4.90 Å². The summed E-state index contributed by atoms with van der Waals surface area (Å²) in [5, 5.41) is 0. The number of amides is 1. The Balaban J connectivity index is 1.71. The number of methoxy groups -OCH3 is 1. The van der Waals surface area contributed by atoms with Gasteiger partial charge in [-0.05, 0) is 25.7 Å². The maximum absolute atomic E-state index is 14.3. The van der Waals surface area contributed by atoms with Crippen LogP contribution in [-0.2, 0) is 4.74 Å². The summed E-state index contributed by atoms with van der Waals surface area (Å²) in [5.41, 5.74) is -0.482. The predicted octanol–water partition coefficient (Wildman–Crippen LogP) is 2.69. The van der Waals surface area contributed by atoms with Crippen LogP contribution in [0, 0.1) is 11.6 Å². The van der Waals surface area contributed by atoms with E-state index in [2.05, 4.69) is 4.90 Å². The molecule has 0 radical (unpaired) electrons. The van der Waals surface area contributed by atoms with E-state index in [4.69, 9.17) is 9.47 Å². The van der Waals surface area contributed by atoms with Crippen LogP contribution >= 0.6 is 0 Å². The first-order valence-corrected chi connectivity index (χ1v) is 9.24. The SMILES string of the molecule is COc1cc(F)c(C(=O)N2CCCCC2CCN2CCOCC2)c(F)c1. The van der Waals surface area contributed by atoms with Crippen molar-refractivity contribution < 1.29 is 23.0 Å². The van der Waals surface area contributed by atoms with Crippen LogP contribution < -0.4 is 4.74 Å². The summed E-state index contributed by atoms with van der Waals surface area (Å²) in [7, 11) is 1.34. The van der Waals surface area contributed by atoms with Crippen molar-refractivity contribution in [2.24, 2.45) is 0 Å². The molecule has 0 bridgehead atoms. The Labute approximate surface area is 152 Å². The number of likely N-dealkylation sites (tertiary alicyclic amines) is 1. The fraction of sp³-hybridized carbons (Fsp3) is 0.632. The minimum Gasteiger partial charge on any atom is -0.497 e. The molecule has 0 aromatic heterocycles. The van der Waals surface area contributed by atoms with Crippen molar-refractivity contribution in [2.45, 2.75) is 31.7 Å². The van der Waals surface area contributed by atoms with Crippen molar-refractivity contribution in [1.82, 2.24) is 9.80 Å². The third-order valence-corrected chi connectivity index (χ3v) is 5.24. The van der Waals surface area contributed by atoms with Gasteiger partial charge in [0.1, 0.15) is 22.9 Å². The van der Waals surface area contributed by atoms with Crippen LogP contribution in [0.25, 0.3) is 0 Å². The fourth-order valence-electron chi connectivity index (χ4n) is 3.74. The Kier molecular flexibility index (Phi) is 6.43. The van der Waals surface area contributed by atoms with Crippen molar-refractivity contribution in [3.05, 3.63) is 29.3 Å². The molecular weight excluding hydrogens is 342 g/mol. The lowest BCUT2D eigenvalue weighted by atomic mass is 9.97. The van der Waals surface area contributed by atoms with Crippen molar-refractivity contribution >= 4 is 5.91 Å². The highest BCUT2D eigenvalue weighted by atomic mass is 19.1. The molecule has 2 aliphatic rings. The van der Waals surface area contributed by atoms with Crippen LogP contribution in [0.4, 0.5) is 8.78 Å². The molecule has 1 amide bonds. The van der Waals surface area contributed by atoms with Gasteiger partial charge in [-0.2, -0.15) is 0 Å². The summed E-state index contributed by atoms with van der Waals surface area (Å²) in [6, 6.07) is 2.13. The number of carbonyl (C=O) groups excluding carboxylic acids is 1. The largest absolute Gasteiger partial charge is 0.497 e. The molecule has 0 N–H and O–H groups in total. The highest BCUT2D eigenvalue weighted by Crippen LogP contribution is 2.26. The van der Waals surface area contributed by atoms with Crippen LogP contribution in [0.3, 0.4) is 0 Å². The summed E-state index contributed by atoms with van der Waals surface area (Å²) in [6.45, 7) is 4.65. The van der Waals surface area contributed by atoms with Gasteiger partial charge >= 0.3 is 0 Å². The molecule has 2 saturated heterocycles. The van der Waals surface area contributed by atoms with Crippen LogP contribution in [0.2, 0.25) is 0 Å². The first kappa shape index (κ1) is 19.0. The lowest BCUT2D eigenvalue weighted by Crippen LogP contribution is -2.46. The van der Waals surface area contributed by atoms with E-state index in [1.807, 2.05) is 0 Å². The molecule has 2 fully saturated rings. The van der Waals surface area contributed by atoms with Gasteiger partial charge in [-0.1, -0.05) is 0 Å². The van der Waals surface area contributed by atoms with Gasteiger partial charge in [0.25, 0.3) is 5.91 Å². The van der Waals surface area contributed by atoms with Crippen LogP contribution in [-0.4, -0.2) is 68.3 Å². The number of hydrogen-bond acceptors (Lipinski definition) is 4. The highest BCUT2D eigenvalue weighted by molar-refractivity contribution is 5.95. The Bertz CT molecular complexity index is 612. The summed E-state index contributed by atoms with van der Waals surface area (Å²) in [6.07, 6.45) is 3.57. The molecular formula is C19H26F2N2O3. The second-order valence-corrected chi connectivity index (χ2v) is 6.86. The van der Waals surface area contributed by atoms with E-state index < -0.39 is 23.1 Å². The Hall–Kier alpha value is -1.73. The number of morpholine rings is 1. The Morgan fingerprint density at radius 3 is 2.54 bits per heavy atom. The molecule has 144 valence electrons. The average Bonchev–Trinajstić information content (AvgIpc) is 2.66. The normalized spacial score (nSPS) is 21.7. The predicted molar refractivity (Wildman–Crippen MR) is 93.5 cm³/mol. The van der Waals surface area contributed by atoms with Crippen molar-refractivity contribution in [3.8, 4) is 5.75 Å². The van der Waals surface area contributed by atoms with E-state index in [9.17, 15) is 13.6 Å². The number of hydrogen-bond donors (Lipinski definition) is 0. The number of nitrogens with zero attached hydrogens (tertiary/aromatic N) is 2. The van der Waals surface area contributed by atoms with E-state index in [0.717, 1.165) is 70.7 Å². The second-order valence-electron chi connectivity index (χ2n) is 6.86. The molecule has 1 atom stereocenters. The number of carbonyl (C=O) groups is 1. The maximum atomic E-state index is 14.3. The number of rotatable bonds is 5. The first-order valence-electron chi connectivity index (χ1n) is 9.24. The molecule has 1 aromatic carbocycles. The van der Waals surface area contributed by atoms with Crippen molar-refractivity contribution in [2.75, 3.05) is 46.5 Å². The van der Waals surface area contributed by atoms with Gasteiger partial charge in [0.15, 0.2) is 0 Å². The lowest BCUT2D eigenvalue weighted by Gasteiger charge is -2.37. The number of benzene rings is 1. The van der Waals surface area contributed by atoms with Gasteiger partial charge in [-0.15, -0.1) is 0 Å². The maximum Gasteiger partial charge on any atom is 0.260 e. The molecule has 2 heterocycles. The molecule has 1 unspecified atom stereocenters. The molecule has 0 spiro atoms. The molecule has 26 heavy (non-hydrogen) atoms. The Morgan fingerprint density at radius 1 is 1.19 bits per heavy atom. The molecule has 0 saturated carbocycles. The third-order valence-electron chi connectivity index (χ3n) is 5.24. The van der Waals surface area contributed by atoms with Crippen LogP contribution in [0.15, 0.2) is 12.1 Å². The lowest BCUT2D eigenvalue weighted by molar-refractivity contribution is 0.0294. The van der Waals surface area contributed by atoms with Gasteiger partial charge in [-0.3, -0.25) is 9.69 Å². The molecule has 0 aliphatic carbocycles. The van der Waals surface area contributed by atoms with Crippen LogP contribution in [0.1, 0.15) is 36.0 Å². The van der Waals surface area contributed by atoms with Gasteiger partial charge in [-0.25, -0.2) is 8.78 Å².